The van der Waals surface area contributed by atoms with Crippen LogP contribution in [0.3, 0.4) is 0 Å². The fourth-order valence-electron chi connectivity index (χ4n) is 4.04. The zero-order valence-electron chi connectivity index (χ0n) is 19.1. The topological polar surface area (TPSA) is 96.4 Å². The van der Waals surface area contributed by atoms with Crippen molar-refractivity contribution in [3.05, 3.63) is 71.0 Å². The Labute approximate surface area is 212 Å². The summed E-state index contributed by atoms with van der Waals surface area (Å²) in [4.78, 5) is 27.4. The van der Waals surface area contributed by atoms with E-state index in [1.807, 2.05) is 26.0 Å². The lowest BCUT2D eigenvalue weighted by atomic mass is 10.0. The van der Waals surface area contributed by atoms with Crippen molar-refractivity contribution in [3.8, 4) is 11.1 Å². The monoisotopic (exact) mass is 527 g/mol. The van der Waals surface area contributed by atoms with Crippen LogP contribution in [-0.4, -0.2) is 64.7 Å². The molecule has 0 radical (unpaired) electrons. The number of benzene rings is 1. The van der Waals surface area contributed by atoms with Crippen molar-refractivity contribution in [2.75, 3.05) is 26.2 Å². The number of piperazine rings is 1. The summed E-state index contributed by atoms with van der Waals surface area (Å²) in [5, 5.41) is 1.40. The standard InChI is InChI=1S/C24H22ClN5O3S2/c1-15-16(2)26-6-5-20(15)18-13-27-23(28-14-18)24(31)29-7-9-30(10-8-29)35(32,33)22-11-17-3-4-19(25)12-21(17)34-22/h3-6,11-14H,7-10H2,1-2H3. The van der Waals surface area contributed by atoms with E-state index >= 15 is 0 Å². The number of hydrogen-bond donors (Lipinski definition) is 0. The highest BCUT2D eigenvalue weighted by molar-refractivity contribution is 7.91. The van der Waals surface area contributed by atoms with Gasteiger partial charge in [-0.05, 0) is 54.6 Å². The number of carbonyl (C=O) groups is 1. The first-order chi connectivity index (χ1) is 16.7. The van der Waals surface area contributed by atoms with E-state index in [1.165, 1.54) is 15.6 Å². The Balaban J connectivity index is 1.27. The summed E-state index contributed by atoms with van der Waals surface area (Å²) in [7, 11) is -3.66. The van der Waals surface area contributed by atoms with Gasteiger partial charge in [0.05, 0.1) is 0 Å². The largest absolute Gasteiger partial charge is 0.333 e. The van der Waals surface area contributed by atoms with E-state index in [2.05, 4.69) is 15.0 Å². The van der Waals surface area contributed by atoms with Crippen LogP contribution in [0.15, 0.2) is 53.1 Å². The van der Waals surface area contributed by atoms with Crippen LogP contribution in [0.2, 0.25) is 5.02 Å². The second-order valence-electron chi connectivity index (χ2n) is 8.31. The van der Waals surface area contributed by atoms with Gasteiger partial charge in [-0.2, -0.15) is 4.31 Å². The number of amides is 1. The average Bonchev–Trinajstić information content (AvgIpc) is 3.30. The second-order valence-corrected chi connectivity index (χ2v) is 12.0. The molecule has 1 aliphatic heterocycles. The molecule has 1 aliphatic rings. The third-order valence-electron chi connectivity index (χ3n) is 6.19. The third-order valence-corrected chi connectivity index (χ3v) is 9.87. The minimum atomic E-state index is -3.66. The molecule has 0 N–H and O–H groups in total. The average molecular weight is 528 g/mol. The third kappa shape index (κ3) is 4.54. The van der Waals surface area contributed by atoms with Crippen LogP contribution in [-0.2, 0) is 10.0 Å². The number of thiophene rings is 1. The first-order valence-electron chi connectivity index (χ1n) is 11.0. The Morgan fingerprint density at radius 1 is 1.00 bits per heavy atom. The minimum Gasteiger partial charge on any atom is -0.333 e. The fraction of sp³-hybridized carbons (Fsp3) is 0.250. The second kappa shape index (κ2) is 9.27. The molecule has 1 fully saturated rings. The molecule has 180 valence electrons. The molecule has 4 heterocycles. The molecule has 8 nitrogen and oxygen atoms in total. The van der Waals surface area contributed by atoms with Gasteiger partial charge in [0.1, 0.15) is 4.21 Å². The molecule has 0 unspecified atom stereocenters. The van der Waals surface area contributed by atoms with Gasteiger partial charge in [-0.25, -0.2) is 18.4 Å². The Hall–Kier alpha value is -2.92. The summed E-state index contributed by atoms with van der Waals surface area (Å²) >= 11 is 7.24. The predicted molar refractivity (Wildman–Crippen MR) is 136 cm³/mol. The molecule has 0 bridgehead atoms. The van der Waals surface area contributed by atoms with Crippen molar-refractivity contribution < 1.29 is 13.2 Å². The maximum Gasteiger partial charge on any atom is 0.291 e. The number of pyridine rings is 1. The number of hydrogen-bond acceptors (Lipinski definition) is 7. The van der Waals surface area contributed by atoms with Gasteiger partial charge in [-0.1, -0.05) is 17.7 Å². The zero-order chi connectivity index (χ0) is 24.7. The van der Waals surface area contributed by atoms with Crippen molar-refractivity contribution in [3.63, 3.8) is 0 Å². The zero-order valence-corrected chi connectivity index (χ0v) is 21.5. The lowest BCUT2D eigenvalue weighted by Gasteiger charge is -2.33. The van der Waals surface area contributed by atoms with Gasteiger partial charge in [-0.3, -0.25) is 9.78 Å². The van der Waals surface area contributed by atoms with Crippen LogP contribution >= 0.6 is 22.9 Å². The lowest BCUT2D eigenvalue weighted by molar-refractivity contribution is 0.0685. The summed E-state index contributed by atoms with van der Waals surface area (Å²) < 4.78 is 28.9. The van der Waals surface area contributed by atoms with Gasteiger partial charge < -0.3 is 4.90 Å². The Bertz CT molecular complexity index is 1530. The number of fused-ring (bicyclic) bond motifs is 1. The predicted octanol–water partition coefficient (Wildman–Crippen LogP) is 4.17. The first kappa shape index (κ1) is 23.8. The fourth-order valence-corrected chi connectivity index (χ4v) is 7.29. The van der Waals surface area contributed by atoms with Crippen LogP contribution in [0.1, 0.15) is 21.9 Å². The molecule has 0 saturated carbocycles. The van der Waals surface area contributed by atoms with Crippen molar-refractivity contribution in [2.24, 2.45) is 0 Å². The number of sulfonamides is 1. The smallest absolute Gasteiger partial charge is 0.291 e. The number of carbonyl (C=O) groups excluding carboxylic acids is 1. The van der Waals surface area contributed by atoms with Crippen LogP contribution < -0.4 is 0 Å². The van der Waals surface area contributed by atoms with Crippen molar-refractivity contribution in [1.29, 1.82) is 0 Å². The van der Waals surface area contributed by atoms with E-state index < -0.39 is 10.0 Å². The summed E-state index contributed by atoms with van der Waals surface area (Å²) in [5.41, 5.74) is 3.74. The van der Waals surface area contributed by atoms with Gasteiger partial charge >= 0.3 is 0 Å². The van der Waals surface area contributed by atoms with Gasteiger partial charge in [0.25, 0.3) is 15.9 Å². The molecular formula is C24H22ClN5O3S2. The highest BCUT2D eigenvalue weighted by Gasteiger charge is 2.32. The number of aromatic nitrogens is 3. The first-order valence-corrected chi connectivity index (χ1v) is 13.6. The van der Waals surface area contributed by atoms with E-state index in [4.69, 9.17) is 11.6 Å². The normalized spacial score (nSPS) is 15.0. The number of nitrogens with zero attached hydrogens (tertiary/aromatic N) is 5. The molecule has 4 aromatic rings. The van der Waals surface area contributed by atoms with Crippen LogP contribution in [0.25, 0.3) is 21.2 Å². The quantitative estimate of drug-likeness (QED) is 0.395. The summed E-state index contributed by atoms with van der Waals surface area (Å²) in [6, 6.07) is 8.88. The van der Waals surface area contributed by atoms with E-state index in [9.17, 15) is 13.2 Å². The summed E-state index contributed by atoms with van der Waals surface area (Å²) in [6.07, 6.45) is 5.01. The van der Waals surface area contributed by atoms with E-state index in [0.29, 0.717) is 5.02 Å². The van der Waals surface area contributed by atoms with Gasteiger partial charge in [-0.15, -0.1) is 11.3 Å². The molecular weight excluding hydrogens is 506 g/mol. The van der Waals surface area contributed by atoms with Crippen LogP contribution in [0, 0.1) is 13.8 Å². The SMILES string of the molecule is Cc1nccc(-c2cnc(C(=O)N3CCN(S(=O)(=O)c4cc5ccc(Cl)cc5s4)CC3)nc2)c1C. The molecule has 0 aliphatic carbocycles. The molecule has 1 saturated heterocycles. The maximum atomic E-state index is 13.2. The van der Waals surface area contributed by atoms with Crippen molar-refractivity contribution in [2.45, 2.75) is 18.1 Å². The molecule has 1 amide bonds. The molecule has 1 aromatic carbocycles. The lowest BCUT2D eigenvalue weighted by Crippen LogP contribution is -2.50. The van der Waals surface area contributed by atoms with E-state index in [-0.39, 0.29) is 42.1 Å². The van der Waals surface area contributed by atoms with Crippen LogP contribution in [0.5, 0.6) is 0 Å². The molecule has 5 rings (SSSR count). The van der Waals surface area contributed by atoms with Crippen LogP contribution in [0.4, 0.5) is 0 Å². The maximum absolute atomic E-state index is 13.2. The number of halogens is 1. The van der Waals surface area contributed by atoms with Gasteiger partial charge in [0.15, 0.2) is 0 Å². The van der Waals surface area contributed by atoms with Crippen molar-refractivity contribution in [1.82, 2.24) is 24.2 Å². The van der Waals surface area contributed by atoms with Gasteiger partial charge in [0, 0.05) is 65.7 Å². The minimum absolute atomic E-state index is 0.0925. The molecule has 3 aromatic heterocycles. The Kier molecular flexibility index (Phi) is 6.30. The highest BCUT2D eigenvalue weighted by atomic mass is 35.5. The molecule has 0 spiro atoms. The number of aryl methyl sites for hydroxylation is 1. The van der Waals surface area contributed by atoms with Crippen molar-refractivity contribution >= 4 is 49.0 Å². The van der Waals surface area contributed by atoms with E-state index in [0.717, 1.165) is 32.5 Å². The summed E-state index contributed by atoms with van der Waals surface area (Å²) in [5.74, 6) is -0.220. The Morgan fingerprint density at radius 3 is 2.43 bits per heavy atom. The molecule has 11 heteroatoms. The highest BCUT2D eigenvalue weighted by Crippen LogP contribution is 2.33. The Morgan fingerprint density at radius 2 is 1.71 bits per heavy atom. The molecule has 35 heavy (non-hydrogen) atoms. The van der Waals surface area contributed by atoms with E-state index in [1.54, 1.807) is 41.7 Å². The summed E-state index contributed by atoms with van der Waals surface area (Å²) in [6.45, 7) is 4.87. The number of rotatable bonds is 4. The van der Waals surface area contributed by atoms with Gasteiger partial charge in [0.2, 0.25) is 5.82 Å². The molecule has 0 atom stereocenters.